The third-order valence-electron chi connectivity index (χ3n) is 2.77. The van der Waals surface area contributed by atoms with E-state index >= 15 is 0 Å². The van der Waals surface area contributed by atoms with Crippen LogP contribution in [0.25, 0.3) is 0 Å². The molecule has 1 aromatic rings. The zero-order valence-corrected chi connectivity index (χ0v) is 11.9. The lowest BCUT2D eigenvalue weighted by molar-refractivity contribution is 0.250. The van der Waals surface area contributed by atoms with E-state index in [-0.39, 0.29) is 28.6 Å². The van der Waals surface area contributed by atoms with Gasteiger partial charge in [-0.05, 0) is 47.0 Å². The van der Waals surface area contributed by atoms with Gasteiger partial charge in [0.25, 0.3) is 0 Å². The van der Waals surface area contributed by atoms with Crippen molar-refractivity contribution in [1.82, 2.24) is 4.31 Å². The zero-order valence-electron chi connectivity index (χ0n) is 9.51. The Hall–Kier alpha value is -0.500. The number of sulfonamides is 1. The lowest BCUT2D eigenvalue weighted by Crippen LogP contribution is -2.35. The summed E-state index contributed by atoms with van der Waals surface area (Å²) in [5.74, 6) is -0.615. The van der Waals surface area contributed by atoms with Crippen LogP contribution in [0.2, 0.25) is 0 Å². The van der Waals surface area contributed by atoms with E-state index in [0.717, 1.165) is 18.9 Å². The highest BCUT2D eigenvalue weighted by molar-refractivity contribution is 9.10. The molecule has 1 saturated carbocycles. The molecule has 0 amide bonds. The van der Waals surface area contributed by atoms with Crippen molar-refractivity contribution < 1.29 is 17.9 Å². The highest BCUT2D eigenvalue weighted by Gasteiger charge is 2.37. The molecular formula is C11H13BrFNO3S. The molecule has 1 fully saturated rings. The first kappa shape index (κ1) is 13.9. The van der Waals surface area contributed by atoms with Gasteiger partial charge in [-0.1, -0.05) is 0 Å². The van der Waals surface area contributed by atoms with Crippen LogP contribution in [0.15, 0.2) is 27.6 Å². The van der Waals surface area contributed by atoms with E-state index in [1.54, 1.807) is 0 Å². The Bertz CT molecular complexity index is 545. The average molecular weight is 338 g/mol. The second kappa shape index (κ2) is 5.24. The van der Waals surface area contributed by atoms with Crippen molar-refractivity contribution in [2.24, 2.45) is 0 Å². The van der Waals surface area contributed by atoms with Crippen LogP contribution < -0.4 is 0 Å². The van der Waals surface area contributed by atoms with Crippen molar-refractivity contribution in [2.75, 3.05) is 13.2 Å². The fourth-order valence-electron chi connectivity index (χ4n) is 1.73. The monoisotopic (exact) mass is 337 g/mol. The van der Waals surface area contributed by atoms with E-state index in [1.165, 1.54) is 16.4 Å². The highest BCUT2D eigenvalue weighted by atomic mass is 79.9. The van der Waals surface area contributed by atoms with Gasteiger partial charge in [0, 0.05) is 12.6 Å². The number of aliphatic hydroxyl groups is 1. The summed E-state index contributed by atoms with van der Waals surface area (Å²) < 4.78 is 39.5. The molecule has 0 atom stereocenters. The molecule has 7 heteroatoms. The molecule has 0 spiro atoms. The first-order valence-corrected chi connectivity index (χ1v) is 7.78. The predicted octanol–water partition coefficient (Wildman–Crippen LogP) is 1.73. The van der Waals surface area contributed by atoms with Crippen LogP contribution in [0, 0.1) is 5.82 Å². The SMILES string of the molecule is O=S(=O)(c1ccc(Br)c(F)c1)N(CCO)C1CC1. The van der Waals surface area contributed by atoms with E-state index in [9.17, 15) is 12.8 Å². The topological polar surface area (TPSA) is 57.6 Å². The molecule has 0 bridgehead atoms. The molecule has 4 nitrogen and oxygen atoms in total. The molecule has 1 aliphatic carbocycles. The molecule has 0 saturated heterocycles. The number of benzene rings is 1. The zero-order chi connectivity index (χ0) is 13.3. The third-order valence-corrected chi connectivity index (χ3v) is 5.36. The second-order valence-corrected chi connectivity index (χ2v) is 6.89. The Balaban J connectivity index is 2.36. The molecule has 0 unspecified atom stereocenters. The minimum absolute atomic E-state index is 0.0463. The van der Waals surface area contributed by atoms with Crippen LogP contribution in [0.5, 0.6) is 0 Å². The van der Waals surface area contributed by atoms with Crippen molar-refractivity contribution in [3.05, 3.63) is 28.5 Å². The Labute approximate surface area is 114 Å². The summed E-state index contributed by atoms with van der Waals surface area (Å²) in [5.41, 5.74) is 0. The lowest BCUT2D eigenvalue weighted by Gasteiger charge is -2.20. The number of aliphatic hydroxyl groups excluding tert-OH is 1. The van der Waals surface area contributed by atoms with Crippen molar-refractivity contribution in [2.45, 2.75) is 23.8 Å². The van der Waals surface area contributed by atoms with Crippen molar-refractivity contribution in [3.63, 3.8) is 0 Å². The molecule has 100 valence electrons. The highest BCUT2D eigenvalue weighted by Crippen LogP contribution is 2.32. The summed E-state index contributed by atoms with van der Waals surface area (Å²) in [5, 5.41) is 8.93. The minimum Gasteiger partial charge on any atom is -0.395 e. The van der Waals surface area contributed by atoms with Crippen molar-refractivity contribution in [3.8, 4) is 0 Å². The number of hydrogen-bond acceptors (Lipinski definition) is 3. The molecule has 1 aromatic carbocycles. The largest absolute Gasteiger partial charge is 0.395 e. The number of nitrogens with zero attached hydrogens (tertiary/aromatic N) is 1. The van der Waals surface area contributed by atoms with Gasteiger partial charge in [-0.2, -0.15) is 4.31 Å². The van der Waals surface area contributed by atoms with Crippen LogP contribution in [0.1, 0.15) is 12.8 Å². The smallest absolute Gasteiger partial charge is 0.243 e. The maximum atomic E-state index is 13.4. The molecule has 0 heterocycles. The van der Waals surface area contributed by atoms with Crippen LogP contribution in [0.4, 0.5) is 4.39 Å². The standard InChI is InChI=1S/C11H13BrFNO3S/c12-10-4-3-9(7-11(10)13)18(16,17)14(5-6-15)8-1-2-8/h3-4,7-8,15H,1-2,5-6H2. The van der Waals surface area contributed by atoms with Crippen LogP contribution in [0.3, 0.4) is 0 Å². The number of rotatable bonds is 5. The fraction of sp³-hybridized carbons (Fsp3) is 0.455. The van der Waals surface area contributed by atoms with Crippen molar-refractivity contribution >= 4 is 26.0 Å². The third kappa shape index (κ3) is 2.74. The molecular weight excluding hydrogens is 325 g/mol. The van der Waals surface area contributed by atoms with Crippen molar-refractivity contribution in [1.29, 1.82) is 0 Å². The van der Waals surface area contributed by atoms with Gasteiger partial charge < -0.3 is 5.11 Å². The van der Waals surface area contributed by atoms with Gasteiger partial charge in [0.1, 0.15) is 5.82 Å². The summed E-state index contributed by atoms with van der Waals surface area (Å²) in [4.78, 5) is -0.0800. The number of halogens is 2. The van der Waals surface area contributed by atoms with Crippen LogP contribution in [-0.2, 0) is 10.0 Å². The summed E-state index contributed by atoms with van der Waals surface area (Å²) in [6.07, 6.45) is 1.58. The Morgan fingerprint density at radius 2 is 2.11 bits per heavy atom. The van der Waals surface area contributed by atoms with Gasteiger partial charge in [0.2, 0.25) is 10.0 Å². The average Bonchev–Trinajstić information content (AvgIpc) is 3.13. The summed E-state index contributed by atoms with van der Waals surface area (Å²) in [6, 6.07) is 3.65. The van der Waals surface area contributed by atoms with Gasteiger partial charge in [-0.15, -0.1) is 0 Å². The molecule has 0 radical (unpaired) electrons. The normalized spacial score (nSPS) is 16.2. The van der Waals surface area contributed by atoms with E-state index in [1.807, 2.05) is 0 Å². The molecule has 1 N–H and O–H groups in total. The lowest BCUT2D eigenvalue weighted by atomic mass is 10.3. The summed E-state index contributed by atoms with van der Waals surface area (Å²) in [6.45, 7) is -0.195. The molecule has 2 rings (SSSR count). The van der Waals surface area contributed by atoms with E-state index < -0.39 is 15.8 Å². The Morgan fingerprint density at radius 3 is 2.61 bits per heavy atom. The maximum absolute atomic E-state index is 13.4. The van der Waals surface area contributed by atoms with Gasteiger partial charge in [0.15, 0.2) is 0 Å². The number of hydrogen-bond donors (Lipinski definition) is 1. The first-order valence-electron chi connectivity index (χ1n) is 5.54. The Morgan fingerprint density at radius 1 is 1.44 bits per heavy atom. The maximum Gasteiger partial charge on any atom is 0.243 e. The first-order chi connectivity index (χ1) is 8.46. The molecule has 1 aliphatic rings. The summed E-state index contributed by atoms with van der Waals surface area (Å²) in [7, 11) is -3.73. The van der Waals surface area contributed by atoms with Crippen LogP contribution >= 0.6 is 15.9 Å². The molecule has 0 aromatic heterocycles. The minimum atomic E-state index is -3.73. The van der Waals surface area contributed by atoms with E-state index in [0.29, 0.717) is 0 Å². The van der Waals surface area contributed by atoms with E-state index in [2.05, 4.69) is 15.9 Å². The van der Waals surface area contributed by atoms with Gasteiger partial charge in [0.05, 0.1) is 16.0 Å². The van der Waals surface area contributed by atoms with E-state index in [4.69, 9.17) is 5.11 Å². The van der Waals surface area contributed by atoms with Gasteiger partial charge in [-0.25, -0.2) is 12.8 Å². The van der Waals surface area contributed by atoms with Gasteiger partial charge >= 0.3 is 0 Å². The summed E-state index contributed by atoms with van der Waals surface area (Å²) >= 11 is 2.98. The molecule has 0 aliphatic heterocycles. The quantitative estimate of drug-likeness (QED) is 0.890. The van der Waals surface area contributed by atoms with Gasteiger partial charge in [-0.3, -0.25) is 0 Å². The van der Waals surface area contributed by atoms with Crippen LogP contribution in [-0.4, -0.2) is 37.0 Å². The molecule has 18 heavy (non-hydrogen) atoms. The predicted molar refractivity (Wildman–Crippen MR) is 68.1 cm³/mol. The second-order valence-electron chi connectivity index (χ2n) is 4.15. The Kier molecular flexibility index (Phi) is 4.05. The fourth-order valence-corrected chi connectivity index (χ4v) is 3.67.